The fourth-order valence-electron chi connectivity index (χ4n) is 1.72. The summed E-state index contributed by atoms with van der Waals surface area (Å²) in [6.45, 7) is 5.98. The molecule has 0 aliphatic rings. The van der Waals surface area contributed by atoms with E-state index in [-0.39, 0.29) is 5.91 Å². The molecule has 1 aromatic heterocycles. The molecule has 0 saturated heterocycles. The lowest BCUT2D eigenvalue weighted by atomic mass is 10.0. The molecule has 102 valence electrons. The third-order valence-electron chi connectivity index (χ3n) is 3.15. The first-order chi connectivity index (χ1) is 9.58. The number of benzene rings is 1. The lowest BCUT2D eigenvalue weighted by Crippen LogP contribution is -2.20. The van der Waals surface area contributed by atoms with Crippen LogP contribution in [0.2, 0.25) is 0 Å². The monoisotopic (exact) mass is 267 g/mol. The highest BCUT2D eigenvalue weighted by atomic mass is 16.2. The van der Waals surface area contributed by atoms with Crippen molar-refractivity contribution < 1.29 is 4.79 Å². The Balaban J connectivity index is 2.11. The van der Waals surface area contributed by atoms with Gasteiger partial charge in [0.2, 0.25) is 0 Å². The molecule has 2 aromatic rings. The number of hydrogen-bond donors (Lipinski definition) is 1. The highest BCUT2D eigenvalue weighted by Gasteiger charge is 2.05. The Bertz CT molecular complexity index is 648. The van der Waals surface area contributed by atoms with E-state index < -0.39 is 0 Å². The number of amides is 1. The van der Waals surface area contributed by atoms with Crippen LogP contribution in [0, 0.1) is 13.8 Å². The van der Waals surface area contributed by atoms with E-state index in [1.165, 1.54) is 11.1 Å². The van der Waals surface area contributed by atoms with E-state index >= 15 is 0 Å². The molecule has 1 amide bonds. The highest BCUT2D eigenvalue weighted by molar-refractivity contribution is 6.00. The van der Waals surface area contributed by atoms with Crippen LogP contribution >= 0.6 is 0 Å². The van der Waals surface area contributed by atoms with Crippen molar-refractivity contribution in [1.29, 1.82) is 0 Å². The van der Waals surface area contributed by atoms with Crippen LogP contribution < -0.4 is 5.43 Å². The molecule has 0 atom stereocenters. The van der Waals surface area contributed by atoms with Crippen LogP contribution in [-0.2, 0) is 0 Å². The summed E-state index contributed by atoms with van der Waals surface area (Å²) in [6.07, 6.45) is 1.58. The minimum Gasteiger partial charge on any atom is -0.266 e. The Morgan fingerprint density at radius 2 is 1.95 bits per heavy atom. The molecule has 4 heteroatoms. The first kappa shape index (κ1) is 13.9. The first-order valence-electron chi connectivity index (χ1n) is 6.41. The molecular weight excluding hydrogens is 250 g/mol. The van der Waals surface area contributed by atoms with Crippen molar-refractivity contribution in [2.24, 2.45) is 5.10 Å². The zero-order valence-corrected chi connectivity index (χ0v) is 11.8. The molecule has 0 aliphatic heterocycles. The predicted molar refractivity (Wildman–Crippen MR) is 79.8 cm³/mol. The maximum Gasteiger partial charge on any atom is 0.289 e. The van der Waals surface area contributed by atoms with Crippen molar-refractivity contribution >= 4 is 11.6 Å². The zero-order valence-electron chi connectivity index (χ0n) is 11.8. The third-order valence-corrected chi connectivity index (χ3v) is 3.15. The molecule has 1 heterocycles. The molecule has 4 nitrogen and oxygen atoms in total. The van der Waals surface area contributed by atoms with Crippen molar-refractivity contribution in [1.82, 2.24) is 10.4 Å². The van der Waals surface area contributed by atoms with Gasteiger partial charge in [0, 0.05) is 6.20 Å². The Morgan fingerprint density at radius 1 is 1.15 bits per heavy atom. The summed E-state index contributed by atoms with van der Waals surface area (Å²) in [5, 5.41) is 4.12. The van der Waals surface area contributed by atoms with Crippen molar-refractivity contribution in [3.63, 3.8) is 0 Å². The van der Waals surface area contributed by atoms with Gasteiger partial charge in [0.1, 0.15) is 5.69 Å². The van der Waals surface area contributed by atoms with E-state index in [0.717, 1.165) is 11.3 Å². The molecule has 0 spiro atoms. The lowest BCUT2D eigenvalue weighted by Gasteiger charge is -2.05. The fourth-order valence-corrected chi connectivity index (χ4v) is 1.72. The van der Waals surface area contributed by atoms with E-state index in [4.69, 9.17) is 0 Å². The molecule has 0 saturated carbocycles. The molecule has 1 aromatic carbocycles. The molecule has 0 radical (unpaired) electrons. The lowest BCUT2D eigenvalue weighted by molar-refractivity contribution is 0.0950. The summed E-state index contributed by atoms with van der Waals surface area (Å²) in [4.78, 5) is 15.8. The topological polar surface area (TPSA) is 54.4 Å². The second kappa shape index (κ2) is 6.10. The predicted octanol–water partition coefficient (Wildman–Crippen LogP) is 2.85. The summed E-state index contributed by atoms with van der Waals surface area (Å²) >= 11 is 0. The SMILES string of the molecule is CC(=NNC(=O)c1ccccn1)c1ccc(C)c(C)c1. The molecule has 0 aliphatic carbocycles. The number of aryl methyl sites for hydroxylation is 2. The van der Waals surface area contributed by atoms with Crippen LogP contribution in [0.3, 0.4) is 0 Å². The quantitative estimate of drug-likeness (QED) is 0.686. The summed E-state index contributed by atoms with van der Waals surface area (Å²) in [5.41, 5.74) is 7.06. The average Bonchev–Trinajstić information content (AvgIpc) is 2.48. The van der Waals surface area contributed by atoms with Gasteiger partial charge >= 0.3 is 0 Å². The average molecular weight is 267 g/mol. The zero-order chi connectivity index (χ0) is 14.5. The van der Waals surface area contributed by atoms with Gasteiger partial charge in [0.25, 0.3) is 5.91 Å². The number of carbonyl (C=O) groups is 1. The highest BCUT2D eigenvalue weighted by Crippen LogP contribution is 2.10. The number of rotatable bonds is 3. The summed E-state index contributed by atoms with van der Waals surface area (Å²) < 4.78 is 0. The van der Waals surface area contributed by atoms with E-state index in [0.29, 0.717) is 5.69 Å². The van der Waals surface area contributed by atoms with Crippen molar-refractivity contribution in [3.8, 4) is 0 Å². The number of hydrogen-bond acceptors (Lipinski definition) is 3. The fraction of sp³-hybridized carbons (Fsp3) is 0.188. The van der Waals surface area contributed by atoms with Crippen molar-refractivity contribution in [2.45, 2.75) is 20.8 Å². The number of nitrogens with one attached hydrogen (secondary N) is 1. The molecule has 0 bridgehead atoms. The van der Waals surface area contributed by atoms with Gasteiger partial charge in [-0.1, -0.05) is 18.2 Å². The van der Waals surface area contributed by atoms with Gasteiger partial charge in [-0.15, -0.1) is 0 Å². The van der Waals surface area contributed by atoms with E-state index in [1.54, 1.807) is 24.4 Å². The second-order valence-corrected chi connectivity index (χ2v) is 4.65. The van der Waals surface area contributed by atoms with Crippen molar-refractivity contribution in [3.05, 3.63) is 65.0 Å². The minimum absolute atomic E-state index is 0.311. The Morgan fingerprint density at radius 3 is 2.60 bits per heavy atom. The number of aromatic nitrogens is 1. The second-order valence-electron chi connectivity index (χ2n) is 4.65. The largest absolute Gasteiger partial charge is 0.289 e. The van der Waals surface area contributed by atoms with E-state index in [1.807, 2.05) is 19.1 Å². The Labute approximate surface area is 118 Å². The molecule has 20 heavy (non-hydrogen) atoms. The van der Waals surface area contributed by atoms with E-state index in [9.17, 15) is 4.79 Å². The molecular formula is C16H17N3O. The van der Waals surface area contributed by atoms with Crippen LogP contribution in [0.4, 0.5) is 0 Å². The van der Waals surface area contributed by atoms with Gasteiger partial charge in [-0.25, -0.2) is 5.43 Å². The number of nitrogens with zero attached hydrogens (tertiary/aromatic N) is 2. The van der Waals surface area contributed by atoms with Gasteiger partial charge in [-0.2, -0.15) is 5.10 Å². The van der Waals surface area contributed by atoms with Crippen molar-refractivity contribution in [2.75, 3.05) is 0 Å². The van der Waals surface area contributed by atoms with Gasteiger partial charge in [-0.05, 0) is 55.7 Å². The summed E-state index contributed by atoms with van der Waals surface area (Å²) in [5.74, 6) is -0.311. The molecule has 2 rings (SSSR count). The number of carbonyl (C=O) groups excluding carboxylic acids is 1. The van der Waals surface area contributed by atoms with Crippen LogP contribution in [0.1, 0.15) is 34.1 Å². The summed E-state index contributed by atoms with van der Waals surface area (Å²) in [7, 11) is 0. The molecule has 1 N–H and O–H groups in total. The van der Waals surface area contributed by atoms with Gasteiger partial charge in [0.15, 0.2) is 0 Å². The standard InChI is InChI=1S/C16H17N3O/c1-11-7-8-14(10-12(11)2)13(3)18-19-16(20)15-6-4-5-9-17-15/h4-10H,1-3H3,(H,19,20). The van der Waals surface area contributed by atoms with Gasteiger partial charge in [0.05, 0.1) is 5.71 Å². The maximum absolute atomic E-state index is 11.8. The smallest absolute Gasteiger partial charge is 0.266 e. The normalized spacial score (nSPS) is 11.2. The number of pyridine rings is 1. The van der Waals surface area contributed by atoms with E-state index in [2.05, 4.69) is 35.4 Å². The van der Waals surface area contributed by atoms with Gasteiger partial charge < -0.3 is 0 Å². The van der Waals surface area contributed by atoms with Crippen LogP contribution in [0.15, 0.2) is 47.7 Å². The molecule has 0 fully saturated rings. The van der Waals surface area contributed by atoms with Crippen LogP contribution in [-0.4, -0.2) is 16.6 Å². The van der Waals surface area contributed by atoms with Crippen LogP contribution in [0.25, 0.3) is 0 Å². The molecule has 0 unspecified atom stereocenters. The Hall–Kier alpha value is -2.49. The van der Waals surface area contributed by atoms with Crippen LogP contribution in [0.5, 0.6) is 0 Å². The van der Waals surface area contributed by atoms with Gasteiger partial charge in [-0.3, -0.25) is 9.78 Å². The maximum atomic E-state index is 11.8. The third kappa shape index (κ3) is 3.29. The minimum atomic E-state index is -0.311. The summed E-state index contributed by atoms with van der Waals surface area (Å²) in [6, 6.07) is 11.3. The Kier molecular flexibility index (Phi) is 4.25. The first-order valence-corrected chi connectivity index (χ1v) is 6.41. The number of hydrazone groups is 1.